The van der Waals surface area contributed by atoms with Gasteiger partial charge in [0.1, 0.15) is 5.52 Å². The molecule has 0 radical (unpaired) electrons. The van der Waals surface area contributed by atoms with E-state index < -0.39 is 0 Å². The first-order valence-corrected chi connectivity index (χ1v) is 5.44. The molecule has 0 aliphatic carbocycles. The molecule has 0 aliphatic heterocycles. The van der Waals surface area contributed by atoms with Crippen molar-refractivity contribution in [3.8, 4) is 11.7 Å². The van der Waals surface area contributed by atoms with Gasteiger partial charge in [0.2, 0.25) is 0 Å². The Bertz CT molecular complexity index is 657. The van der Waals surface area contributed by atoms with Gasteiger partial charge in [-0.1, -0.05) is 6.07 Å². The minimum Gasteiger partial charge on any atom is -0.444 e. The van der Waals surface area contributed by atoms with Crippen molar-refractivity contribution in [3.05, 3.63) is 35.0 Å². The molecule has 2 N–H and O–H groups in total. The van der Waals surface area contributed by atoms with Gasteiger partial charge in [-0.3, -0.25) is 0 Å². The van der Waals surface area contributed by atoms with Crippen molar-refractivity contribution in [1.29, 1.82) is 0 Å². The molecule has 0 bridgehead atoms. The number of nitrogens with zero attached hydrogens (tertiary/aromatic N) is 1. The molecular weight excluding hydrogens is 272 g/mol. The normalized spacial score (nSPS) is 11.1. The number of hydrogen-bond acceptors (Lipinski definition) is 4. The van der Waals surface area contributed by atoms with E-state index in [2.05, 4.69) is 20.9 Å². The highest BCUT2D eigenvalue weighted by Crippen LogP contribution is 2.29. The molecular formula is C11H7BrN2O2. The summed E-state index contributed by atoms with van der Waals surface area (Å²) in [5.74, 6) is 1.00. The minimum absolute atomic E-state index is 0.429. The zero-order valence-corrected chi connectivity index (χ0v) is 9.69. The van der Waals surface area contributed by atoms with Crippen LogP contribution in [0.5, 0.6) is 0 Å². The van der Waals surface area contributed by atoms with Gasteiger partial charge in [0, 0.05) is 0 Å². The molecule has 2 aromatic heterocycles. The Balaban J connectivity index is 2.22. The molecule has 0 saturated heterocycles. The number of rotatable bonds is 1. The Labute approximate surface area is 99.2 Å². The Morgan fingerprint density at radius 1 is 1.12 bits per heavy atom. The summed E-state index contributed by atoms with van der Waals surface area (Å²) in [4.78, 5) is 4.29. The summed E-state index contributed by atoms with van der Waals surface area (Å²) in [5, 5.41) is 0. The molecule has 0 aliphatic rings. The van der Waals surface area contributed by atoms with Crippen LogP contribution in [0.25, 0.3) is 22.8 Å². The number of furan rings is 1. The van der Waals surface area contributed by atoms with E-state index in [0.29, 0.717) is 33.1 Å². The second-order valence-corrected chi connectivity index (χ2v) is 4.10. The molecule has 2 heterocycles. The molecule has 16 heavy (non-hydrogen) atoms. The monoisotopic (exact) mass is 278 g/mol. The number of fused-ring (bicyclic) bond motifs is 1. The van der Waals surface area contributed by atoms with E-state index >= 15 is 0 Å². The highest BCUT2D eigenvalue weighted by molar-refractivity contribution is 9.10. The average Bonchev–Trinajstić information content (AvgIpc) is 2.84. The standard InChI is InChI=1S/C11H7BrN2O2/c12-9-5-4-8(15-9)11-14-10-6(13)2-1-3-7(10)16-11/h1-5H,13H2. The maximum Gasteiger partial charge on any atom is 0.264 e. The molecule has 0 unspecified atom stereocenters. The molecule has 0 saturated carbocycles. The average molecular weight is 279 g/mol. The van der Waals surface area contributed by atoms with Crippen LogP contribution < -0.4 is 5.73 Å². The molecule has 80 valence electrons. The number of para-hydroxylation sites is 1. The largest absolute Gasteiger partial charge is 0.444 e. The van der Waals surface area contributed by atoms with Crippen LogP contribution >= 0.6 is 15.9 Å². The van der Waals surface area contributed by atoms with Gasteiger partial charge in [-0.2, -0.15) is 0 Å². The van der Waals surface area contributed by atoms with Crippen LogP contribution in [0.3, 0.4) is 0 Å². The third-order valence-corrected chi connectivity index (χ3v) is 2.66. The number of nitrogens with two attached hydrogens (primary N) is 1. The van der Waals surface area contributed by atoms with Crippen LogP contribution in [0.4, 0.5) is 5.69 Å². The summed E-state index contributed by atoms with van der Waals surface area (Å²) < 4.78 is 11.5. The first kappa shape index (κ1) is 9.47. The quantitative estimate of drug-likeness (QED) is 0.693. The minimum atomic E-state index is 0.429. The highest BCUT2D eigenvalue weighted by Gasteiger charge is 2.12. The maximum absolute atomic E-state index is 5.79. The summed E-state index contributed by atoms with van der Waals surface area (Å²) >= 11 is 3.23. The lowest BCUT2D eigenvalue weighted by molar-refractivity contribution is 0.518. The lowest BCUT2D eigenvalue weighted by Gasteiger charge is -1.89. The molecule has 0 amide bonds. The number of nitrogen functional groups attached to an aromatic ring is 1. The Hall–Kier alpha value is -1.75. The molecule has 0 fully saturated rings. The molecule has 4 nitrogen and oxygen atoms in total. The van der Waals surface area contributed by atoms with Crippen molar-refractivity contribution in [3.63, 3.8) is 0 Å². The van der Waals surface area contributed by atoms with E-state index in [-0.39, 0.29) is 0 Å². The molecule has 1 aromatic carbocycles. The smallest absolute Gasteiger partial charge is 0.264 e. The summed E-state index contributed by atoms with van der Waals surface area (Å²) in [6.45, 7) is 0. The van der Waals surface area contributed by atoms with Gasteiger partial charge in [-0.25, -0.2) is 4.98 Å². The first-order valence-electron chi connectivity index (χ1n) is 4.65. The molecule has 0 atom stereocenters. The van der Waals surface area contributed by atoms with Crippen molar-refractivity contribution < 1.29 is 8.83 Å². The predicted molar refractivity (Wildman–Crippen MR) is 63.8 cm³/mol. The van der Waals surface area contributed by atoms with Gasteiger partial charge in [0.25, 0.3) is 5.89 Å². The van der Waals surface area contributed by atoms with Crippen LogP contribution in [-0.4, -0.2) is 4.98 Å². The Morgan fingerprint density at radius 3 is 2.69 bits per heavy atom. The van der Waals surface area contributed by atoms with E-state index in [1.54, 1.807) is 18.2 Å². The number of hydrogen-bond donors (Lipinski definition) is 1. The van der Waals surface area contributed by atoms with E-state index in [1.165, 1.54) is 0 Å². The van der Waals surface area contributed by atoms with E-state index in [4.69, 9.17) is 14.6 Å². The maximum atomic E-state index is 5.79. The number of halogens is 1. The fourth-order valence-electron chi connectivity index (χ4n) is 1.50. The topological polar surface area (TPSA) is 65.2 Å². The number of anilines is 1. The van der Waals surface area contributed by atoms with Crippen molar-refractivity contribution in [2.75, 3.05) is 5.73 Å². The molecule has 3 rings (SSSR count). The van der Waals surface area contributed by atoms with Crippen molar-refractivity contribution in [2.45, 2.75) is 0 Å². The molecule has 5 heteroatoms. The second-order valence-electron chi connectivity index (χ2n) is 3.32. The second kappa shape index (κ2) is 3.38. The van der Waals surface area contributed by atoms with Gasteiger partial charge in [-0.15, -0.1) is 0 Å². The van der Waals surface area contributed by atoms with Crippen molar-refractivity contribution >= 4 is 32.7 Å². The first-order chi connectivity index (χ1) is 7.74. The Kier molecular flexibility index (Phi) is 2.00. The molecule has 3 aromatic rings. The van der Waals surface area contributed by atoms with E-state index in [0.717, 1.165) is 0 Å². The fraction of sp³-hybridized carbons (Fsp3) is 0. The fourth-order valence-corrected chi connectivity index (χ4v) is 1.81. The van der Waals surface area contributed by atoms with Gasteiger partial charge < -0.3 is 14.6 Å². The predicted octanol–water partition coefficient (Wildman–Crippen LogP) is 3.43. The summed E-state index contributed by atoms with van der Waals surface area (Å²) in [6.07, 6.45) is 0. The van der Waals surface area contributed by atoms with Crippen LogP contribution in [0.1, 0.15) is 0 Å². The van der Waals surface area contributed by atoms with Crippen LogP contribution in [0, 0.1) is 0 Å². The van der Waals surface area contributed by atoms with E-state index in [9.17, 15) is 0 Å². The van der Waals surface area contributed by atoms with Gasteiger partial charge in [0.15, 0.2) is 16.0 Å². The summed E-state index contributed by atoms with van der Waals surface area (Å²) in [5.41, 5.74) is 7.70. The lowest BCUT2D eigenvalue weighted by atomic mass is 10.3. The van der Waals surface area contributed by atoms with Crippen molar-refractivity contribution in [2.24, 2.45) is 0 Å². The lowest BCUT2D eigenvalue weighted by Crippen LogP contribution is -1.84. The summed E-state index contributed by atoms with van der Waals surface area (Å²) in [7, 11) is 0. The van der Waals surface area contributed by atoms with Gasteiger partial charge >= 0.3 is 0 Å². The van der Waals surface area contributed by atoms with Crippen molar-refractivity contribution in [1.82, 2.24) is 4.98 Å². The van der Waals surface area contributed by atoms with Gasteiger partial charge in [0.05, 0.1) is 5.69 Å². The number of oxazole rings is 1. The number of benzene rings is 1. The zero-order chi connectivity index (χ0) is 11.1. The van der Waals surface area contributed by atoms with Gasteiger partial charge in [-0.05, 0) is 40.2 Å². The third-order valence-electron chi connectivity index (χ3n) is 2.23. The SMILES string of the molecule is Nc1cccc2oc(-c3ccc(Br)o3)nc12. The van der Waals surface area contributed by atoms with Crippen LogP contribution in [0.15, 0.2) is 43.8 Å². The van der Waals surface area contributed by atoms with Crippen LogP contribution in [-0.2, 0) is 0 Å². The molecule has 0 spiro atoms. The highest BCUT2D eigenvalue weighted by atomic mass is 79.9. The third kappa shape index (κ3) is 1.40. The van der Waals surface area contributed by atoms with Crippen LogP contribution in [0.2, 0.25) is 0 Å². The summed E-state index contributed by atoms with van der Waals surface area (Å²) in [6, 6.07) is 9.00. The van der Waals surface area contributed by atoms with E-state index in [1.807, 2.05) is 12.1 Å². The Morgan fingerprint density at radius 2 is 2.00 bits per heavy atom. The number of aromatic nitrogens is 1. The zero-order valence-electron chi connectivity index (χ0n) is 8.11.